The van der Waals surface area contributed by atoms with Gasteiger partial charge in [-0.25, -0.2) is 14.4 Å². The van der Waals surface area contributed by atoms with E-state index < -0.39 is 180 Å². The Balaban J connectivity index is 0.00000103. The summed E-state index contributed by atoms with van der Waals surface area (Å²) in [5.74, 6) is -11.3. The standard InChI is InChI=1S/C32H40N2O12.C31H42N2O13.C30H44N2O14/c1-31(2,41)29(39)21-5-9-23(10-6-21)43-15-17-45-27(37)19-25(35)33-13-14-34-26(36)20-28(38)46-18-16-44-24-11-7-22(8-12-24)30(40)32(3,4)42;1-4-26(36)44-18-19-45-27(37)8-6-5-7-15-43-28(38)20-24(34)32-13-14-33-25(35)21-29(39)46-17-16-42-23-11-9-22(10-12-23)30(40)31(2,3)41;1-3-25(35)43-17-19-45-27(37)11-7-5-9-15-41-29(39)21-23(33)31-13-14-32-24(34)22-30(40)42-16-10-6-8-12-28(38)46-20-18-44-26(36)4-2/h5-12,41-42H,13-20H2,1-4H3,(H,33,35)(H,34,36);4,9-12,41H,1,5-8,13-21H2,2-3H3,(H,32,34)(H,33,35);3-4H,1-2,5-22H2,(H,31,33)(H,32,34). The average Bonchev–Trinajstić information content (AvgIpc) is 0.856. The molecule has 0 aromatic heterocycles. The van der Waals surface area contributed by atoms with Crippen molar-refractivity contribution in [3.8, 4) is 17.2 Å². The molecule has 6 amide bonds. The van der Waals surface area contributed by atoms with Crippen molar-refractivity contribution in [2.75, 3.05) is 138 Å². The highest BCUT2D eigenvalue weighted by atomic mass is 16.6. The highest BCUT2D eigenvalue weighted by molar-refractivity contribution is 6.04. The maximum atomic E-state index is 12.0. The van der Waals surface area contributed by atoms with E-state index in [1.54, 1.807) is 36.4 Å². The smallest absolute Gasteiger partial charge is 0.330 e. The summed E-state index contributed by atoms with van der Waals surface area (Å²) in [7, 11) is 0. The van der Waals surface area contributed by atoms with Gasteiger partial charge in [-0.1, -0.05) is 19.7 Å². The quantitative estimate of drug-likeness (QED) is 0.00979. The Morgan fingerprint density at radius 2 is 0.413 bits per heavy atom. The van der Waals surface area contributed by atoms with Crippen LogP contribution in [0.2, 0.25) is 0 Å². The van der Waals surface area contributed by atoms with Crippen LogP contribution in [0.25, 0.3) is 0 Å². The first-order valence-electron chi connectivity index (χ1n) is 43.8. The molecule has 0 aliphatic rings. The number of nitrogens with one attached hydrogen (secondary N) is 6. The third-order valence-corrected chi connectivity index (χ3v) is 17.1. The first-order valence-corrected chi connectivity index (χ1v) is 43.8. The van der Waals surface area contributed by atoms with Crippen LogP contribution in [-0.4, -0.2) is 295 Å². The van der Waals surface area contributed by atoms with E-state index in [4.69, 9.17) is 56.8 Å². The lowest BCUT2D eigenvalue weighted by molar-refractivity contribution is -0.150. The number of rotatable bonds is 69. The topological polar surface area (TPSA) is 630 Å². The highest BCUT2D eigenvalue weighted by Crippen LogP contribution is 2.21. The molecule has 0 aliphatic heterocycles. The van der Waals surface area contributed by atoms with Crippen LogP contribution >= 0.6 is 0 Å². The van der Waals surface area contributed by atoms with Gasteiger partial charge in [0, 0.05) is 93.4 Å². The SMILES string of the molecule is C=CC(=O)OCCOC(=O)CCCCCOC(=O)CC(=O)NCCNC(=O)CC(=O)OCCCCCC(=O)OCCOC(=O)C=C.C=CC(=O)OCCOC(=O)CCCCCOC(=O)CC(=O)NCCNC(=O)CC(=O)OCCOc1ccc(C(=O)C(C)(C)O)cc1.CC(C)(O)C(=O)c1ccc(OCCOC(=O)CC(=O)NCCNC(=O)CC(=O)OCCOc2ccc(C(=O)C(C)(C)O)cc2)cc1. The van der Waals surface area contributed by atoms with E-state index in [1.807, 2.05) is 0 Å². The summed E-state index contributed by atoms with van der Waals surface area (Å²) in [6.07, 6.45) is 5.11. The van der Waals surface area contributed by atoms with Crippen molar-refractivity contribution in [3.05, 3.63) is 127 Å². The Bertz CT molecular complexity index is 4270. The summed E-state index contributed by atoms with van der Waals surface area (Å²) < 4.78 is 74.8. The van der Waals surface area contributed by atoms with E-state index in [0.29, 0.717) is 91.7 Å². The molecule has 9 N–H and O–H groups in total. The predicted molar refractivity (Wildman–Crippen MR) is 481 cm³/mol. The third-order valence-electron chi connectivity index (χ3n) is 17.1. The molecule has 0 bridgehead atoms. The fourth-order valence-corrected chi connectivity index (χ4v) is 10.3. The molecule has 3 aromatic rings. The number of Topliss-reactive ketones (excluding diaryl/α,β-unsaturated/α-hetero) is 3. The van der Waals surface area contributed by atoms with E-state index in [9.17, 15) is 116 Å². The van der Waals surface area contributed by atoms with E-state index in [0.717, 1.165) is 18.2 Å². The number of ketones is 3. The van der Waals surface area contributed by atoms with E-state index in [2.05, 4.69) is 65.8 Å². The second-order valence-corrected chi connectivity index (χ2v) is 30.5. The Morgan fingerprint density at radius 1 is 0.239 bits per heavy atom. The summed E-state index contributed by atoms with van der Waals surface area (Å²) in [5.41, 5.74) is -3.51. The van der Waals surface area contributed by atoms with Gasteiger partial charge in [0.15, 0.2) is 17.3 Å². The minimum atomic E-state index is -1.49. The number of amides is 6. The van der Waals surface area contributed by atoms with Crippen LogP contribution in [0.5, 0.6) is 17.2 Å². The zero-order valence-corrected chi connectivity index (χ0v) is 78.4. The number of benzene rings is 3. The largest absolute Gasteiger partial charge is 0.490 e. The highest BCUT2D eigenvalue weighted by Gasteiger charge is 2.28. The lowest BCUT2D eigenvalue weighted by atomic mass is 9.97. The molecule has 0 fully saturated rings. The number of aliphatic hydroxyl groups is 3. The molecule has 3 rings (SSSR count). The van der Waals surface area contributed by atoms with Crippen LogP contribution in [0, 0.1) is 0 Å². The van der Waals surface area contributed by atoms with Crippen LogP contribution in [0.1, 0.15) is 188 Å². The fourth-order valence-electron chi connectivity index (χ4n) is 10.3. The second-order valence-electron chi connectivity index (χ2n) is 30.5. The van der Waals surface area contributed by atoms with Crippen molar-refractivity contribution in [3.63, 3.8) is 0 Å². The van der Waals surface area contributed by atoms with E-state index in [-0.39, 0.29) is 158 Å². The lowest BCUT2D eigenvalue weighted by Crippen LogP contribution is -2.36. The molecule has 0 radical (unpaired) electrons. The first kappa shape index (κ1) is 122. The van der Waals surface area contributed by atoms with Gasteiger partial charge in [-0.2, -0.15) is 0 Å². The third kappa shape index (κ3) is 64.5. The van der Waals surface area contributed by atoms with Crippen molar-refractivity contribution in [2.45, 2.75) is 174 Å². The molecule has 0 spiro atoms. The number of unbranched alkanes of at least 4 members (excludes halogenated alkanes) is 6. The molecular weight excluding hydrogens is 1830 g/mol. The van der Waals surface area contributed by atoms with Crippen molar-refractivity contribution in [1.29, 1.82) is 0 Å². The maximum Gasteiger partial charge on any atom is 0.330 e. The van der Waals surface area contributed by atoms with Crippen molar-refractivity contribution in [1.82, 2.24) is 31.9 Å². The molecule has 762 valence electrons. The van der Waals surface area contributed by atoms with Gasteiger partial charge in [0.2, 0.25) is 35.4 Å². The molecule has 0 heterocycles. The van der Waals surface area contributed by atoms with Gasteiger partial charge >= 0.3 is 71.6 Å². The van der Waals surface area contributed by atoms with Gasteiger partial charge < -0.3 is 118 Å². The molecule has 138 heavy (non-hydrogen) atoms. The zero-order chi connectivity index (χ0) is 103. The first-order chi connectivity index (χ1) is 65.4. The fraction of sp³-hybridized carbons (Fsp3) is 0.516. The number of esters is 12. The van der Waals surface area contributed by atoms with Gasteiger partial charge in [0.1, 0.15) is 152 Å². The molecule has 3 aromatic carbocycles. The molecule has 0 unspecified atom stereocenters. The van der Waals surface area contributed by atoms with E-state index in [1.165, 1.54) is 77.9 Å². The molecule has 0 saturated heterocycles. The molecule has 0 atom stereocenters. The van der Waals surface area contributed by atoms with Crippen molar-refractivity contribution >= 4 is 124 Å². The monoisotopic (exact) mass is 1950 g/mol. The molecule has 45 heteroatoms. The van der Waals surface area contributed by atoms with Gasteiger partial charge in [-0.15, -0.1) is 0 Å². The molecule has 0 saturated carbocycles. The summed E-state index contributed by atoms with van der Waals surface area (Å²) >= 11 is 0. The number of ether oxygens (including phenoxy) is 15. The minimum absolute atomic E-state index is 0.00937. The van der Waals surface area contributed by atoms with Gasteiger partial charge in [-0.05, 0) is 172 Å². The van der Waals surface area contributed by atoms with Crippen LogP contribution in [0.3, 0.4) is 0 Å². The second kappa shape index (κ2) is 71.2. The van der Waals surface area contributed by atoms with Crippen LogP contribution < -0.4 is 46.1 Å². The number of hydrogen-bond acceptors (Lipinski definition) is 39. The summed E-state index contributed by atoms with van der Waals surface area (Å²) in [6, 6.07) is 18.3. The average molecular weight is 1950 g/mol. The summed E-state index contributed by atoms with van der Waals surface area (Å²) in [4.78, 5) is 245. The zero-order valence-electron chi connectivity index (χ0n) is 78.4. The van der Waals surface area contributed by atoms with E-state index >= 15 is 0 Å². The Hall–Kier alpha value is -14.4. The molecular formula is C93H126N6O39. The van der Waals surface area contributed by atoms with Gasteiger partial charge in [-0.3, -0.25) is 86.3 Å². The van der Waals surface area contributed by atoms with Crippen LogP contribution in [0.15, 0.2) is 111 Å². The number of hydrogen-bond donors (Lipinski definition) is 9. The summed E-state index contributed by atoms with van der Waals surface area (Å²) in [5, 5.41) is 44.0. The summed E-state index contributed by atoms with van der Waals surface area (Å²) in [6.45, 7) is 17.8. The Morgan fingerprint density at radius 3 is 0.601 bits per heavy atom. The lowest BCUT2D eigenvalue weighted by Gasteiger charge is -2.15. The Kier molecular flexibility index (Phi) is 62.8. The minimum Gasteiger partial charge on any atom is -0.490 e. The normalized spacial score (nSPS) is 10.6. The van der Waals surface area contributed by atoms with Crippen LogP contribution in [0.4, 0.5) is 0 Å². The van der Waals surface area contributed by atoms with Crippen molar-refractivity contribution in [2.24, 2.45) is 0 Å². The molecule has 45 nitrogen and oxygen atoms in total. The number of carbonyl (C=O) groups is 21. The van der Waals surface area contributed by atoms with Crippen molar-refractivity contribution < 1.29 is 187 Å². The predicted octanol–water partition coefficient (Wildman–Crippen LogP) is 2.85. The van der Waals surface area contributed by atoms with Gasteiger partial charge in [0.25, 0.3) is 0 Å². The van der Waals surface area contributed by atoms with Crippen LogP contribution in [-0.2, 0) is 143 Å². The molecule has 0 aliphatic carbocycles. The Labute approximate surface area is 797 Å². The maximum absolute atomic E-state index is 12.0. The number of carbonyl (C=O) groups excluding carboxylic acids is 21. The van der Waals surface area contributed by atoms with Gasteiger partial charge in [0.05, 0.1) is 19.8 Å².